The first-order valence-electron chi connectivity index (χ1n) is 8.67. The van der Waals surface area contributed by atoms with Crippen molar-refractivity contribution in [1.82, 2.24) is 4.90 Å². The summed E-state index contributed by atoms with van der Waals surface area (Å²) in [7, 11) is 0. The third kappa shape index (κ3) is 4.57. The smallest absolute Gasteiger partial charge is 0.246 e. The molecule has 1 aliphatic carbocycles. The van der Waals surface area contributed by atoms with Gasteiger partial charge in [-0.2, -0.15) is 0 Å². The third-order valence-corrected chi connectivity index (χ3v) is 4.66. The van der Waals surface area contributed by atoms with E-state index in [9.17, 15) is 9.59 Å². The van der Waals surface area contributed by atoms with Gasteiger partial charge in [-0.3, -0.25) is 9.59 Å². The number of likely N-dealkylation sites (N-methyl/N-ethyl adjacent to an activating group) is 1. The topological polar surface area (TPSA) is 40.6 Å². The molecule has 0 radical (unpaired) electrons. The monoisotopic (exact) mass is 316 g/mol. The Balaban J connectivity index is 2.11. The van der Waals surface area contributed by atoms with E-state index in [2.05, 4.69) is 0 Å². The molecular weight excluding hydrogens is 288 g/mol. The predicted octanol–water partition coefficient (Wildman–Crippen LogP) is 3.53. The maximum Gasteiger partial charge on any atom is 0.246 e. The zero-order chi connectivity index (χ0) is 16.8. The highest BCUT2D eigenvalue weighted by Crippen LogP contribution is 2.23. The summed E-state index contributed by atoms with van der Waals surface area (Å²) < 4.78 is 0. The first-order valence-corrected chi connectivity index (χ1v) is 8.67. The summed E-state index contributed by atoms with van der Waals surface area (Å²) in [6.07, 6.45) is 5.57. The average Bonchev–Trinajstić information content (AvgIpc) is 2.54. The SMILES string of the molecule is CCN(C(=O)CN(C(C)=O)C1CCCCC1)c1cccc(C)c1. The van der Waals surface area contributed by atoms with Crippen LogP contribution >= 0.6 is 0 Å². The van der Waals surface area contributed by atoms with E-state index in [-0.39, 0.29) is 24.4 Å². The van der Waals surface area contributed by atoms with Crippen molar-refractivity contribution in [3.8, 4) is 0 Å². The minimum atomic E-state index is -0.00104. The molecule has 0 unspecified atom stereocenters. The molecule has 1 aliphatic rings. The highest BCUT2D eigenvalue weighted by atomic mass is 16.2. The van der Waals surface area contributed by atoms with Gasteiger partial charge in [-0.1, -0.05) is 31.4 Å². The molecule has 0 atom stereocenters. The van der Waals surface area contributed by atoms with E-state index < -0.39 is 0 Å². The third-order valence-electron chi connectivity index (χ3n) is 4.66. The average molecular weight is 316 g/mol. The lowest BCUT2D eigenvalue weighted by Gasteiger charge is -2.34. The second-order valence-electron chi connectivity index (χ2n) is 6.42. The molecule has 4 heteroatoms. The lowest BCUT2D eigenvalue weighted by atomic mass is 9.94. The van der Waals surface area contributed by atoms with E-state index in [0.29, 0.717) is 6.54 Å². The van der Waals surface area contributed by atoms with Crippen molar-refractivity contribution in [3.05, 3.63) is 29.8 Å². The highest BCUT2D eigenvalue weighted by molar-refractivity contribution is 5.96. The minimum Gasteiger partial charge on any atom is -0.331 e. The molecule has 0 bridgehead atoms. The Kier molecular flexibility index (Phi) is 6.20. The van der Waals surface area contributed by atoms with Crippen LogP contribution in [0.25, 0.3) is 0 Å². The summed E-state index contributed by atoms with van der Waals surface area (Å²) in [6.45, 7) is 6.36. The Morgan fingerprint density at radius 3 is 2.43 bits per heavy atom. The molecular formula is C19H28N2O2. The molecule has 0 saturated heterocycles. The Hall–Kier alpha value is -1.84. The molecule has 0 aliphatic heterocycles. The Morgan fingerprint density at radius 2 is 1.87 bits per heavy atom. The molecule has 0 aromatic heterocycles. The number of hydrogen-bond donors (Lipinski definition) is 0. The molecule has 1 aromatic carbocycles. The lowest BCUT2D eigenvalue weighted by Crippen LogP contribution is -2.47. The van der Waals surface area contributed by atoms with Gasteiger partial charge in [0.05, 0.1) is 0 Å². The zero-order valence-electron chi connectivity index (χ0n) is 14.5. The van der Waals surface area contributed by atoms with E-state index in [1.165, 1.54) is 6.42 Å². The van der Waals surface area contributed by atoms with Crippen LogP contribution in [0.1, 0.15) is 51.5 Å². The fraction of sp³-hybridized carbons (Fsp3) is 0.579. The number of anilines is 1. The molecule has 126 valence electrons. The predicted molar refractivity (Wildman–Crippen MR) is 93.5 cm³/mol. The van der Waals surface area contributed by atoms with Crippen molar-refractivity contribution in [3.63, 3.8) is 0 Å². The van der Waals surface area contributed by atoms with Crippen molar-refractivity contribution < 1.29 is 9.59 Å². The number of carbonyl (C=O) groups is 2. The largest absolute Gasteiger partial charge is 0.331 e. The zero-order valence-corrected chi connectivity index (χ0v) is 14.5. The summed E-state index contributed by atoms with van der Waals surface area (Å²) in [5.41, 5.74) is 2.04. The second kappa shape index (κ2) is 8.14. The van der Waals surface area contributed by atoms with E-state index in [1.807, 2.05) is 38.1 Å². The van der Waals surface area contributed by atoms with Crippen LogP contribution in [-0.4, -0.2) is 35.8 Å². The van der Waals surface area contributed by atoms with Gasteiger partial charge in [-0.25, -0.2) is 0 Å². The van der Waals surface area contributed by atoms with Crippen molar-refractivity contribution >= 4 is 17.5 Å². The van der Waals surface area contributed by atoms with Gasteiger partial charge in [0.2, 0.25) is 11.8 Å². The molecule has 1 fully saturated rings. The molecule has 0 spiro atoms. The molecule has 1 aromatic rings. The normalized spacial score (nSPS) is 15.3. The molecule has 2 rings (SSSR count). The molecule has 0 N–H and O–H groups in total. The van der Waals surface area contributed by atoms with Crippen molar-refractivity contribution in [2.75, 3.05) is 18.0 Å². The van der Waals surface area contributed by atoms with Crippen molar-refractivity contribution in [2.45, 2.75) is 58.9 Å². The minimum absolute atomic E-state index is 0.00104. The summed E-state index contributed by atoms with van der Waals surface area (Å²) in [6, 6.07) is 8.17. The fourth-order valence-corrected chi connectivity index (χ4v) is 3.42. The summed E-state index contributed by atoms with van der Waals surface area (Å²) >= 11 is 0. The first kappa shape index (κ1) is 17.5. The Bertz CT molecular complexity index is 550. The Labute approximate surface area is 139 Å². The van der Waals surface area contributed by atoms with Crippen LogP contribution in [0.3, 0.4) is 0 Å². The van der Waals surface area contributed by atoms with Gasteiger partial charge in [0.25, 0.3) is 0 Å². The van der Waals surface area contributed by atoms with Crippen LogP contribution in [0.4, 0.5) is 5.69 Å². The van der Waals surface area contributed by atoms with Gasteiger partial charge in [0.1, 0.15) is 6.54 Å². The van der Waals surface area contributed by atoms with E-state index >= 15 is 0 Å². The van der Waals surface area contributed by atoms with Gasteiger partial charge in [0, 0.05) is 25.2 Å². The van der Waals surface area contributed by atoms with Crippen LogP contribution < -0.4 is 4.90 Å². The quantitative estimate of drug-likeness (QED) is 0.834. The standard InChI is InChI=1S/C19H28N2O2/c1-4-20(18-12-8-9-15(2)13-18)19(23)14-21(16(3)22)17-10-6-5-7-11-17/h8-9,12-13,17H,4-7,10-11,14H2,1-3H3. The number of hydrogen-bond acceptors (Lipinski definition) is 2. The maximum atomic E-state index is 12.8. The lowest BCUT2D eigenvalue weighted by molar-refractivity contribution is -0.136. The summed E-state index contributed by atoms with van der Waals surface area (Å²) in [4.78, 5) is 28.4. The molecule has 2 amide bonds. The number of rotatable bonds is 5. The maximum absolute atomic E-state index is 12.8. The number of amides is 2. The van der Waals surface area contributed by atoms with Crippen LogP contribution in [0.15, 0.2) is 24.3 Å². The number of aryl methyl sites for hydroxylation is 1. The molecule has 4 nitrogen and oxygen atoms in total. The van der Waals surface area contributed by atoms with Gasteiger partial charge in [-0.05, 0) is 44.4 Å². The van der Waals surface area contributed by atoms with E-state index in [1.54, 1.807) is 16.7 Å². The number of nitrogens with zero attached hydrogens (tertiary/aromatic N) is 2. The van der Waals surface area contributed by atoms with Gasteiger partial charge >= 0.3 is 0 Å². The van der Waals surface area contributed by atoms with E-state index in [4.69, 9.17) is 0 Å². The number of benzene rings is 1. The second-order valence-corrected chi connectivity index (χ2v) is 6.42. The molecule has 0 heterocycles. The van der Waals surface area contributed by atoms with Crippen LogP contribution in [0.2, 0.25) is 0 Å². The molecule has 1 saturated carbocycles. The van der Waals surface area contributed by atoms with Gasteiger partial charge in [0.15, 0.2) is 0 Å². The van der Waals surface area contributed by atoms with Crippen LogP contribution in [0, 0.1) is 6.92 Å². The summed E-state index contributed by atoms with van der Waals surface area (Å²) in [5.74, 6) is 0.00409. The van der Waals surface area contributed by atoms with E-state index in [0.717, 1.165) is 36.9 Å². The first-order chi connectivity index (χ1) is 11.0. The number of carbonyl (C=O) groups excluding carboxylic acids is 2. The van der Waals surface area contributed by atoms with Crippen LogP contribution in [-0.2, 0) is 9.59 Å². The summed E-state index contributed by atoms with van der Waals surface area (Å²) in [5, 5.41) is 0. The van der Waals surface area contributed by atoms with Crippen molar-refractivity contribution in [1.29, 1.82) is 0 Å². The fourth-order valence-electron chi connectivity index (χ4n) is 3.42. The molecule has 23 heavy (non-hydrogen) atoms. The Morgan fingerprint density at radius 1 is 1.17 bits per heavy atom. The van der Waals surface area contributed by atoms with Crippen molar-refractivity contribution in [2.24, 2.45) is 0 Å². The highest BCUT2D eigenvalue weighted by Gasteiger charge is 2.27. The van der Waals surface area contributed by atoms with Gasteiger partial charge < -0.3 is 9.80 Å². The van der Waals surface area contributed by atoms with Crippen LogP contribution in [0.5, 0.6) is 0 Å². The van der Waals surface area contributed by atoms with Gasteiger partial charge in [-0.15, -0.1) is 0 Å².